The lowest BCUT2D eigenvalue weighted by molar-refractivity contribution is 0.102. The summed E-state index contributed by atoms with van der Waals surface area (Å²) in [6, 6.07) is 11.4. The van der Waals surface area contributed by atoms with Gasteiger partial charge in [0.25, 0.3) is 5.91 Å². The summed E-state index contributed by atoms with van der Waals surface area (Å²) in [6.07, 6.45) is 0. The Balaban J connectivity index is 2.33. The first-order valence-electron chi connectivity index (χ1n) is 6.67. The van der Waals surface area contributed by atoms with Gasteiger partial charge in [-0.15, -0.1) is 0 Å². The van der Waals surface area contributed by atoms with Gasteiger partial charge in [-0.3, -0.25) is 4.79 Å². The van der Waals surface area contributed by atoms with Crippen molar-refractivity contribution in [2.45, 2.75) is 20.8 Å². The van der Waals surface area contributed by atoms with Crippen LogP contribution in [0.5, 0.6) is 0 Å². The van der Waals surface area contributed by atoms with Crippen LogP contribution < -0.4 is 11.1 Å². The van der Waals surface area contributed by atoms with Gasteiger partial charge in [0.05, 0.1) is 0 Å². The molecule has 0 aliphatic heterocycles. The Labute approximate surface area is 130 Å². The fraction of sp³-hybridized carbons (Fsp3) is 0.176. The first kappa shape index (κ1) is 15.2. The second-order valence-electron chi connectivity index (χ2n) is 5.17. The van der Waals surface area contributed by atoms with Gasteiger partial charge in [-0.05, 0) is 44.0 Å². The summed E-state index contributed by atoms with van der Waals surface area (Å²) in [5, 5.41) is 2.94. The molecule has 0 heterocycles. The second-order valence-corrected chi connectivity index (χ2v) is 5.61. The van der Waals surface area contributed by atoms with Crippen molar-refractivity contribution >= 4 is 28.8 Å². The normalized spacial score (nSPS) is 10.2. The van der Waals surface area contributed by atoms with Crippen LogP contribution in [-0.4, -0.2) is 10.9 Å². The molecule has 108 valence electrons. The van der Waals surface area contributed by atoms with E-state index in [-0.39, 0.29) is 5.91 Å². The number of hydrogen-bond donors (Lipinski definition) is 2. The Morgan fingerprint density at radius 1 is 1.05 bits per heavy atom. The third-order valence-electron chi connectivity index (χ3n) is 3.41. The highest BCUT2D eigenvalue weighted by atomic mass is 32.1. The van der Waals surface area contributed by atoms with E-state index >= 15 is 0 Å². The Morgan fingerprint density at radius 2 is 1.71 bits per heavy atom. The quantitative estimate of drug-likeness (QED) is 0.853. The minimum absolute atomic E-state index is 0.126. The summed E-state index contributed by atoms with van der Waals surface area (Å²) in [4.78, 5) is 12.8. The molecule has 21 heavy (non-hydrogen) atoms. The van der Waals surface area contributed by atoms with Crippen LogP contribution in [0.2, 0.25) is 0 Å². The van der Waals surface area contributed by atoms with Crippen LogP contribution in [0.15, 0.2) is 36.4 Å². The van der Waals surface area contributed by atoms with Crippen LogP contribution in [0.1, 0.15) is 32.6 Å². The van der Waals surface area contributed by atoms with Crippen molar-refractivity contribution in [2.75, 3.05) is 5.32 Å². The molecule has 0 aliphatic carbocycles. The molecule has 0 fully saturated rings. The smallest absolute Gasteiger partial charge is 0.255 e. The molecule has 1 amide bonds. The van der Waals surface area contributed by atoms with Gasteiger partial charge in [-0.25, -0.2) is 0 Å². The van der Waals surface area contributed by atoms with E-state index < -0.39 is 0 Å². The number of benzene rings is 2. The van der Waals surface area contributed by atoms with E-state index in [0.717, 1.165) is 27.9 Å². The Kier molecular flexibility index (Phi) is 4.38. The summed E-state index contributed by atoms with van der Waals surface area (Å²) in [7, 11) is 0. The topological polar surface area (TPSA) is 55.1 Å². The fourth-order valence-electron chi connectivity index (χ4n) is 2.08. The SMILES string of the molecule is Cc1ccc(C)c(C(=O)Nc2cc(C(N)=S)ccc2C)c1. The zero-order valence-corrected chi connectivity index (χ0v) is 13.2. The maximum Gasteiger partial charge on any atom is 0.255 e. The van der Waals surface area contributed by atoms with Crippen LogP contribution in [0.4, 0.5) is 5.69 Å². The van der Waals surface area contributed by atoms with Gasteiger partial charge in [0.1, 0.15) is 4.99 Å². The summed E-state index contributed by atoms with van der Waals surface area (Å²) in [5.41, 5.74) is 10.8. The minimum atomic E-state index is -0.126. The van der Waals surface area contributed by atoms with Crippen molar-refractivity contribution in [2.24, 2.45) is 5.73 Å². The van der Waals surface area contributed by atoms with Crippen LogP contribution in [0.25, 0.3) is 0 Å². The molecule has 0 spiro atoms. The van der Waals surface area contributed by atoms with Gasteiger partial charge in [-0.2, -0.15) is 0 Å². The molecular weight excluding hydrogens is 280 g/mol. The van der Waals surface area contributed by atoms with Crippen molar-refractivity contribution in [3.63, 3.8) is 0 Å². The predicted molar refractivity (Wildman–Crippen MR) is 90.9 cm³/mol. The number of carbonyl (C=O) groups is 1. The lowest BCUT2D eigenvalue weighted by atomic mass is 10.0. The Bertz CT molecular complexity index is 723. The molecule has 4 heteroatoms. The highest BCUT2D eigenvalue weighted by Crippen LogP contribution is 2.19. The monoisotopic (exact) mass is 298 g/mol. The third kappa shape index (κ3) is 3.47. The number of nitrogens with one attached hydrogen (secondary N) is 1. The predicted octanol–water partition coefficient (Wildman–Crippen LogP) is 3.50. The van der Waals surface area contributed by atoms with Crippen LogP contribution >= 0.6 is 12.2 Å². The molecule has 3 nitrogen and oxygen atoms in total. The fourth-order valence-corrected chi connectivity index (χ4v) is 2.21. The molecule has 2 aromatic carbocycles. The molecule has 0 atom stereocenters. The standard InChI is InChI=1S/C17H18N2OS/c1-10-4-5-11(2)14(8-10)17(20)19-15-9-13(16(18)21)7-6-12(15)3/h4-9H,1-3H3,(H2,18,21)(H,19,20). The van der Waals surface area contributed by atoms with E-state index in [1.807, 2.05) is 51.1 Å². The van der Waals surface area contributed by atoms with E-state index in [0.29, 0.717) is 10.6 Å². The molecule has 0 bridgehead atoms. The number of carbonyl (C=O) groups excluding carboxylic acids is 1. The molecule has 2 aromatic rings. The highest BCUT2D eigenvalue weighted by molar-refractivity contribution is 7.80. The number of thiocarbonyl (C=S) groups is 1. The van der Waals surface area contributed by atoms with E-state index in [9.17, 15) is 4.79 Å². The van der Waals surface area contributed by atoms with Crippen LogP contribution in [0.3, 0.4) is 0 Å². The van der Waals surface area contributed by atoms with Crippen molar-refractivity contribution < 1.29 is 4.79 Å². The minimum Gasteiger partial charge on any atom is -0.389 e. The average molecular weight is 298 g/mol. The molecule has 0 radical (unpaired) electrons. The van der Waals surface area contributed by atoms with E-state index in [1.165, 1.54) is 0 Å². The lowest BCUT2D eigenvalue weighted by Crippen LogP contribution is -2.16. The number of nitrogens with two attached hydrogens (primary N) is 1. The zero-order valence-electron chi connectivity index (χ0n) is 12.4. The largest absolute Gasteiger partial charge is 0.389 e. The maximum atomic E-state index is 12.4. The highest BCUT2D eigenvalue weighted by Gasteiger charge is 2.11. The van der Waals surface area contributed by atoms with Gasteiger partial charge in [0.15, 0.2) is 0 Å². The summed E-state index contributed by atoms with van der Waals surface area (Å²) >= 11 is 4.97. The summed E-state index contributed by atoms with van der Waals surface area (Å²) < 4.78 is 0. The van der Waals surface area contributed by atoms with Gasteiger partial charge in [0, 0.05) is 16.8 Å². The molecule has 0 aromatic heterocycles. The lowest BCUT2D eigenvalue weighted by Gasteiger charge is -2.12. The molecule has 2 rings (SSSR count). The van der Waals surface area contributed by atoms with Crippen molar-refractivity contribution in [1.29, 1.82) is 0 Å². The van der Waals surface area contributed by atoms with E-state index in [4.69, 9.17) is 18.0 Å². The number of amides is 1. The van der Waals surface area contributed by atoms with Gasteiger partial charge in [0.2, 0.25) is 0 Å². The molecule has 0 aliphatic rings. The number of aryl methyl sites for hydroxylation is 3. The average Bonchev–Trinajstić information content (AvgIpc) is 2.43. The molecular formula is C17H18N2OS. The van der Waals surface area contributed by atoms with Crippen LogP contribution in [-0.2, 0) is 0 Å². The van der Waals surface area contributed by atoms with Crippen molar-refractivity contribution in [3.05, 3.63) is 64.2 Å². The summed E-state index contributed by atoms with van der Waals surface area (Å²) in [5.74, 6) is -0.126. The van der Waals surface area contributed by atoms with Gasteiger partial charge >= 0.3 is 0 Å². The van der Waals surface area contributed by atoms with Crippen molar-refractivity contribution in [3.8, 4) is 0 Å². The third-order valence-corrected chi connectivity index (χ3v) is 3.64. The van der Waals surface area contributed by atoms with E-state index in [2.05, 4.69) is 5.32 Å². The summed E-state index contributed by atoms with van der Waals surface area (Å²) in [6.45, 7) is 5.82. The number of hydrogen-bond acceptors (Lipinski definition) is 2. The molecule has 3 N–H and O–H groups in total. The Morgan fingerprint density at radius 3 is 2.38 bits per heavy atom. The first-order valence-corrected chi connectivity index (χ1v) is 7.08. The zero-order chi connectivity index (χ0) is 15.6. The molecule has 0 saturated heterocycles. The number of anilines is 1. The number of rotatable bonds is 3. The van der Waals surface area contributed by atoms with Gasteiger partial charge < -0.3 is 11.1 Å². The van der Waals surface area contributed by atoms with Crippen LogP contribution in [0, 0.1) is 20.8 Å². The Hall–Kier alpha value is -2.20. The first-order chi connectivity index (χ1) is 9.88. The van der Waals surface area contributed by atoms with Gasteiger partial charge in [-0.1, -0.05) is 42.0 Å². The molecule has 0 saturated carbocycles. The maximum absolute atomic E-state index is 12.4. The van der Waals surface area contributed by atoms with Crippen molar-refractivity contribution in [1.82, 2.24) is 0 Å². The van der Waals surface area contributed by atoms with E-state index in [1.54, 1.807) is 6.07 Å². The molecule has 0 unspecified atom stereocenters. The second kappa shape index (κ2) is 6.06.